The lowest BCUT2D eigenvalue weighted by Gasteiger charge is -2.14. The Bertz CT molecular complexity index is 1230. The number of aromatic amines is 1. The second kappa shape index (κ2) is 9.51. The minimum absolute atomic E-state index is 0.0524. The molecule has 2 aromatic heterocycles. The highest BCUT2D eigenvalue weighted by Gasteiger charge is 2.21. The number of H-pyrrole nitrogens is 1. The van der Waals surface area contributed by atoms with Crippen LogP contribution in [0.4, 0.5) is 11.6 Å². The molecule has 0 aliphatic rings. The van der Waals surface area contributed by atoms with Gasteiger partial charge in [0.2, 0.25) is 5.95 Å². The van der Waals surface area contributed by atoms with E-state index in [-0.39, 0.29) is 42.1 Å². The van der Waals surface area contributed by atoms with Crippen LogP contribution >= 0.6 is 0 Å². The molecule has 32 heavy (non-hydrogen) atoms. The third-order valence-electron chi connectivity index (χ3n) is 4.36. The monoisotopic (exact) mass is 443 g/mol. The molecular formula is C19H19N7O6. The number of hydrogen-bond donors (Lipinski definition) is 6. The fourth-order valence-electron chi connectivity index (χ4n) is 2.75. The molecule has 13 heteroatoms. The van der Waals surface area contributed by atoms with Gasteiger partial charge in [-0.15, -0.1) is 0 Å². The zero-order valence-electron chi connectivity index (χ0n) is 16.5. The molecule has 0 aliphatic carbocycles. The van der Waals surface area contributed by atoms with Gasteiger partial charge in [0.15, 0.2) is 11.2 Å². The smallest absolute Gasteiger partial charge is 0.326 e. The molecule has 3 rings (SSSR count). The highest BCUT2D eigenvalue weighted by Crippen LogP contribution is 2.12. The van der Waals surface area contributed by atoms with Crippen molar-refractivity contribution in [3.63, 3.8) is 0 Å². The molecule has 0 fully saturated rings. The van der Waals surface area contributed by atoms with Crippen molar-refractivity contribution in [3.8, 4) is 0 Å². The van der Waals surface area contributed by atoms with Crippen LogP contribution in [0.25, 0.3) is 11.2 Å². The molecule has 0 saturated heterocycles. The molecule has 0 bridgehead atoms. The zero-order chi connectivity index (χ0) is 23.3. The number of amides is 1. The first kappa shape index (κ1) is 22.1. The van der Waals surface area contributed by atoms with Gasteiger partial charge in [-0.25, -0.2) is 14.8 Å². The van der Waals surface area contributed by atoms with Gasteiger partial charge in [0.25, 0.3) is 11.5 Å². The largest absolute Gasteiger partial charge is 0.481 e. The molecule has 1 atom stereocenters. The van der Waals surface area contributed by atoms with Crippen molar-refractivity contribution in [2.45, 2.75) is 25.4 Å². The average molecular weight is 443 g/mol. The summed E-state index contributed by atoms with van der Waals surface area (Å²) in [6, 6.07) is 4.86. The number of carboxylic acids is 2. The van der Waals surface area contributed by atoms with Crippen LogP contribution in [0.5, 0.6) is 0 Å². The van der Waals surface area contributed by atoms with Gasteiger partial charge in [-0.1, -0.05) is 0 Å². The summed E-state index contributed by atoms with van der Waals surface area (Å²) in [6.45, 7) is 0.231. The number of nitrogen functional groups attached to an aromatic ring is 1. The van der Waals surface area contributed by atoms with Gasteiger partial charge in [-0.3, -0.25) is 19.4 Å². The second-order valence-corrected chi connectivity index (χ2v) is 6.71. The molecule has 0 aliphatic heterocycles. The number of carbonyl (C=O) groups excluding carboxylic acids is 1. The number of aliphatic carboxylic acids is 2. The molecule has 0 spiro atoms. The average Bonchev–Trinajstić information content (AvgIpc) is 2.75. The first-order valence-electron chi connectivity index (χ1n) is 9.33. The van der Waals surface area contributed by atoms with Gasteiger partial charge in [-0.05, 0) is 30.7 Å². The van der Waals surface area contributed by atoms with Gasteiger partial charge in [0.1, 0.15) is 6.04 Å². The summed E-state index contributed by atoms with van der Waals surface area (Å²) < 4.78 is 0. The number of anilines is 2. The minimum Gasteiger partial charge on any atom is -0.481 e. The first-order chi connectivity index (χ1) is 15.2. The Labute approximate surface area is 179 Å². The van der Waals surface area contributed by atoms with Crippen LogP contribution in [-0.4, -0.2) is 54.0 Å². The Morgan fingerprint density at radius 2 is 1.84 bits per heavy atom. The van der Waals surface area contributed by atoms with E-state index in [9.17, 15) is 19.2 Å². The molecule has 2 heterocycles. The summed E-state index contributed by atoms with van der Waals surface area (Å²) >= 11 is 0. The van der Waals surface area contributed by atoms with Crippen molar-refractivity contribution >= 4 is 40.6 Å². The number of nitrogens with zero attached hydrogens (tertiary/aromatic N) is 3. The van der Waals surface area contributed by atoms with Crippen LogP contribution in [0.2, 0.25) is 0 Å². The highest BCUT2D eigenvalue weighted by molar-refractivity contribution is 5.96. The molecule has 1 aromatic carbocycles. The van der Waals surface area contributed by atoms with E-state index in [1.165, 1.54) is 18.3 Å². The predicted octanol–water partition coefficient (Wildman–Crippen LogP) is -0.0448. The summed E-state index contributed by atoms with van der Waals surface area (Å²) in [6.07, 6.45) is 0.840. The fraction of sp³-hybridized carbons (Fsp3) is 0.211. The lowest BCUT2D eigenvalue weighted by atomic mass is 10.1. The van der Waals surface area contributed by atoms with Crippen molar-refractivity contribution in [2.24, 2.45) is 0 Å². The Kier molecular flexibility index (Phi) is 6.58. The van der Waals surface area contributed by atoms with Crippen molar-refractivity contribution in [1.82, 2.24) is 25.3 Å². The number of carbonyl (C=O) groups is 3. The van der Waals surface area contributed by atoms with E-state index in [2.05, 4.69) is 30.6 Å². The van der Waals surface area contributed by atoms with E-state index in [0.29, 0.717) is 11.4 Å². The normalized spacial score (nSPS) is 11.6. The second-order valence-electron chi connectivity index (χ2n) is 6.71. The topological polar surface area (TPSA) is 213 Å². The third-order valence-corrected chi connectivity index (χ3v) is 4.36. The van der Waals surface area contributed by atoms with Crippen LogP contribution in [0.15, 0.2) is 35.3 Å². The maximum absolute atomic E-state index is 12.3. The van der Waals surface area contributed by atoms with Crippen LogP contribution in [0, 0.1) is 0 Å². The Balaban J connectivity index is 1.62. The number of hydrogen-bond acceptors (Lipinski definition) is 9. The number of fused-ring (bicyclic) bond motifs is 1. The lowest BCUT2D eigenvalue weighted by molar-refractivity contribution is -0.140. The van der Waals surface area contributed by atoms with E-state index in [1.807, 2.05) is 0 Å². The van der Waals surface area contributed by atoms with Gasteiger partial charge in [0.05, 0.1) is 18.4 Å². The van der Waals surface area contributed by atoms with Crippen LogP contribution in [-0.2, 0) is 16.1 Å². The first-order valence-corrected chi connectivity index (χ1v) is 9.33. The number of benzene rings is 1. The minimum atomic E-state index is -1.31. The molecule has 7 N–H and O–H groups in total. The molecule has 0 saturated carbocycles. The molecular weight excluding hydrogens is 424 g/mol. The molecule has 0 unspecified atom stereocenters. The maximum atomic E-state index is 12.3. The Morgan fingerprint density at radius 3 is 2.50 bits per heavy atom. The lowest BCUT2D eigenvalue weighted by Crippen LogP contribution is -2.41. The number of nitrogens with one attached hydrogen (secondary N) is 3. The summed E-state index contributed by atoms with van der Waals surface area (Å²) in [5.41, 5.74) is 6.47. The quantitative estimate of drug-likeness (QED) is 0.241. The molecule has 13 nitrogen and oxygen atoms in total. The maximum Gasteiger partial charge on any atom is 0.326 e. The van der Waals surface area contributed by atoms with E-state index in [1.54, 1.807) is 12.1 Å². The van der Waals surface area contributed by atoms with Gasteiger partial charge in [0, 0.05) is 17.7 Å². The Morgan fingerprint density at radius 1 is 1.12 bits per heavy atom. The van der Waals surface area contributed by atoms with Crippen molar-refractivity contribution < 1.29 is 24.6 Å². The van der Waals surface area contributed by atoms with Crippen LogP contribution < -0.4 is 21.9 Å². The summed E-state index contributed by atoms with van der Waals surface area (Å²) in [5, 5.41) is 23.2. The Hall–Kier alpha value is -4.55. The summed E-state index contributed by atoms with van der Waals surface area (Å²) in [7, 11) is 0. The van der Waals surface area contributed by atoms with E-state index in [4.69, 9.17) is 15.9 Å². The SMILES string of the molecule is Nc1nc2n[13cH]c([13CH2]Nc3ccc(C(=O)N[C@@H](CCC(=O)O)C(=O)O)cc3)nc2c(=O)[nH]1. The van der Waals surface area contributed by atoms with Gasteiger partial charge >= 0.3 is 11.9 Å². The van der Waals surface area contributed by atoms with Gasteiger partial charge < -0.3 is 26.6 Å². The number of nitrogens with two attached hydrogens (primary N) is 1. The van der Waals surface area contributed by atoms with E-state index >= 15 is 0 Å². The standard InChI is InChI=1S/C19H19N7O6/c20-19-25-15-14(17(30)26-19)23-11(8-22-15)7-21-10-3-1-9(2-4-10)16(29)24-12(18(31)32)5-6-13(27)28/h1-4,8,12,21H,5-7H2,(H,24,29)(H,27,28)(H,31,32)(H3,20,22,25,26,30)/t12-/m0/s1/i7+1,8+1. The number of rotatable bonds is 9. The zero-order valence-corrected chi connectivity index (χ0v) is 16.5. The van der Waals surface area contributed by atoms with E-state index in [0.717, 1.165) is 0 Å². The van der Waals surface area contributed by atoms with Crippen LogP contribution in [0.1, 0.15) is 28.9 Å². The summed E-state index contributed by atoms with van der Waals surface area (Å²) in [4.78, 5) is 60.6. The molecule has 0 radical (unpaired) electrons. The van der Waals surface area contributed by atoms with Crippen LogP contribution in [0.3, 0.4) is 0 Å². The predicted molar refractivity (Wildman–Crippen MR) is 112 cm³/mol. The highest BCUT2D eigenvalue weighted by atomic mass is 16.4. The molecule has 3 aromatic rings. The van der Waals surface area contributed by atoms with Gasteiger partial charge in [-0.2, -0.15) is 4.98 Å². The number of aromatic nitrogens is 4. The molecule has 166 valence electrons. The third kappa shape index (κ3) is 5.53. The van der Waals surface area contributed by atoms with Crippen molar-refractivity contribution in [3.05, 3.63) is 52.1 Å². The number of carboxylic acid groups (broad SMARTS) is 2. The fourth-order valence-corrected chi connectivity index (χ4v) is 2.75. The van der Waals surface area contributed by atoms with E-state index < -0.39 is 29.4 Å². The molecule has 1 amide bonds. The summed E-state index contributed by atoms with van der Waals surface area (Å²) in [5.74, 6) is -3.16. The van der Waals surface area contributed by atoms with Crippen molar-refractivity contribution in [1.29, 1.82) is 0 Å². The van der Waals surface area contributed by atoms with Crippen molar-refractivity contribution in [2.75, 3.05) is 11.1 Å².